The predicted molar refractivity (Wildman–Crippen MR) is 147 cm³/mol. The first kappa shape index (κ1) is 26.3. The Morgan fingerprint density at radius 1 is 1.07 bits per heavy atom. The normalized spacial score (nSPS) is 23.2. The van der Waals surface area contributed by atoms with E-state index in [2.05, 4.69) is 4.98 Å². The number of benzene rings is 2. The SMILES string of the molecule is Cc1cnc(-c2cccc(C3CC3(F)C(N)=O)c2F)cc1-n1c(C)cc([C@H]2C[C@@H]2c2ccc(F)cc2)c(Cl)c1=O. The predicted octanol–water partition coefficient (Wildman–Crippen LogP) is 6.40. The van der Waals surface area contributed by atoms with Crippen LogP contribution in [0.15, 0.2) is 65.6 Å². The molecule has 2 aromatic heterocycles. The summed E-state index contributed by atoms with van der Waals surface area (Å²) in [5.41, 5.74) is 6.47. The van der Waals surface area contributed by atoms with Crippen LogP contribution >= 0.6 is 11.6 Å². The second-order valence-corrected chi connectivity index (χ2v) is 11.1. The standard InChI is InChI=1S/C31H25ClF3N3O2/c1-15-14-37-25(20-5-3-4-19(28(20)34)24-13-31(24,35)30(36)40)12-26(15)38-16(2)10-23(27(32)29(38)39)22-11-21(22)17-6-8-18(33)9-7-17/h3-10,12,14,21-22,24H,11,13H2,1-2H3,(H2,36,40)/t21-,22+,24?,31?/m1/s1. The summed E-state index contributed by atoms with van der Waals surface area (Å²) in [6.45, 7) is 3.58. The van der Waals surface area contributed by atoms with Crippen LogP contribution in [0.3, 0.4) is 0 Å². The lowest BCUT2D eigenvalue weighted by atomic mass is 10.0. The van der Waals surface area contributed by atoms with Crippen molar-refractivity contribution >= 4 is 17.5 Å². The molecular weight excluding hydrogens is 539 g/mol. The third kappa shape index (κ3) is 4.22. The fourth-order valence-electron chi connectivity index (χ4n) is 5.71. The topological polar surface area (TPSA) is 78.0 Å². The van der Waals surface area contributed by atoms with Crippen molar-refractivity contribution in [2.45, 2.75) is 50.1 Å². The fraction of sp³-hybridized carbons (Fsp3) is 0.258. The third-order valence-corrected chi connectivity index (χ3v) is 8.53. The number of amides is 1. The number of aromatic nitrogens is 2. The number of alkyl halides is 1. The molecule has 2 fully saturated rings. The molecule has 4 aromatic rings. The lowest BCUT2D eigenvalue weighted by Gasteiger charge is -2.17. The molecule has 0 radical (unpaired) electrons. The molecule has 2 heterocycles. The monoisotopic (exact) mass is 563 g/mol. The number of hydrogen-bond acceptors (Lipinski definition) is 3. The summed E-state index contributed by atoms with van der Waals surface area (Å²) in [6.07, 6.45) is 2.17. The first-order valence-corrected chi connectivity index (χ1v) is 13.3. The van der Waals surface area contributed by atoms with E-state index in [0.717, 1.165) is 17.5 Å². The molecule has 2 N–H and O–H groups in total. The van der Waals surface area contributed by atoms with Crippen molar-refractivity contribution in [2.75, 3.05) is 0 Å². The van der Waals surface area contributed by atoms with Gasteiger partial charge in [0.15, 0.2) is 5.67 Å². The van der Waals surface area contributed by atoms with Crippen LogP contribution < -0.4 is 11.3 Å². The largest absolute Gasteiger partial charge is 0.367 e. The molecule has 2 saturated carbocycles. The van der Waals surface area contributed by atoms with Gasteiger partial charge in [-0.2, -0.15) is 0 Å². The highest BCUT2D eigenvalue weighted by molar-refractivity contribution is 6.31. The van der Waals surface area contributed by atoms with Crippen LogP contribution in [0.25, 0.3) is 16.9 Å². The van der Waals surface area contributed by atoms with Gasteiger partial charge in [-0.1, -0.05) is 35.9 Å². The Morgan fingerprint density at radius 2 is 1.80 bits per heavy atom. The highest BCUT2D eigenvalue weighted by atomic mass is 35.5. The van der Waals surface area contributed by atoms with E-state index < -0.39 is 28.9 Å². The zero-order valence-corrected chi connectivity index (χ0v) is 22.5. The second-order valence-electron chi connectivity index (χ2n) is 10.7. The van der Waals surface area contributed by atoms with E-state index in [4.69, 9.17) is 17.3 Å². The zero-order valence-electron chi connectivity index (χ0n) is 21.7. The zero-order chi connectivity index (χ0) is 28.5. The van der Waals surface area contributed by atoms with Crippen molar-refractivity contribution in [3.05, 3.63) is 116 Å². The fourth-order valence-corrected chi connectivity index (χ4v) is 5.99. The summed E-state index contributed by atoms with van der Waals surface area (Å²) in [5.74, 6) is -2.84. The summed E-state index contributed by atoms with van der Waals surface area (Å²) in [5, 5.41) is 0.102. The van der Waals surface area contributed by atoms with Gasteiger partial charge in [-0.15, -0.1) is 0 Å². The highest BCUT2D eigenvalue weighted by Gasteiger charge is 2.62. The number of halogens is 4. The van der Waals surface area contributed by atoms with Crippen LogP contribution in [-0.4, -0.2) is 21.1 Å². The van der Waals surface area contributed by atoms with Gasteiger partial charge in [0.1, 0.15) is 16.7 Å². The molecule has 2 aliphatic rings. The van der Waals surface area contributed by atoms with Crippen molar-refractivity contribution in [3.8, 4) is 16.9 Å². The maximum Gasteiger partial charge on any atom is 0.274 e. The Kier molecular flexibility index (Phi) is 6.14. The Hall–Kier alpha value is -3.91. The number of aryl methyl sites for hydroxylation is 2. The van der Waals surface area contributed by atoms with Gasteiger partial charge in [-0.25, -0.2) is 13.2 Å². The summed E-state index contributed by atoms with van der Waals surface area (Å²) >= 11 is 6.64. The van der Waals surface area contributed by atoms with Crippen LogP contribution in [0.5, 0.6) is 0 Å². The molecule has 6 rings (SSSR count). The van der Waals surface area contributed by atoms with E-state index in [1.807, 2.05) is 6.07 Å². The van der Waals surface area contributed by atoms with Gasteiger partial charge in [-0.3, -0.25) is 19.1 Å². The highest BCUT2D eigenvalue weighted by Crippen LogP contribution is 2.56. The molecule has 0 bridgehead atoms. The molecule has 0 saturated heterocycles. The van der Waals surface area contributed by atoms with Gasteiger partial charge in [0.25, 0.3) is 11.5 Å². The van der Waals surface area contributed by atoms with Gasteiger partial charge in [0, 0.05) is 29.8 Å². The van der Waals surface area contributed by atoms with Crippen LogP contribution in [0, 0.1) is 25.5 Å². The van der Waals surface area contributed by atoms with Crippen molar-refractivity contribution in [3.63, 3.8) is 0 Å². The number of pyridine rings is 2. The molecule has 2 unspecified atom stereocenters. The van der Waals surface area contributed by atoms with Gasteiger partial charge in [-0.05, 0) is 84.7 Å². The van der Waals surface area contributed by atoms with E-state index in [9.17, 15) is 18.4 Å². The Labute approximate surface area is 233 Å². The van der Waals surface area contributed by atoms with Crippen LogP contribution in [0.2, 0.25) is 5.02 Å². The van der Waals surface area contributed by atoms with E-state index in [1.54, 1.807) is 38.1 Å². The van der Waals surface area contributed by atoms with Gasteiger partial charge in [0.2, 0.25) is 0 Å². The molecule has 5 nitrogen and oxygen atoms in total. The molecule has 0 spiro atoms. The maximum atomic E-state index is 15.6. The molecule has 2 aliphatic carbocycles. The van der Waals surface area contributed by atoms with Gasteiger partial charge < -0.3 is 5.73 Å². The molecule has 4 atom stereocenters. The molecule has 204 valence electrons. The molecule has 40 heavy (non-hydrogen) atoms. The lowest BCUT2D eigenvalue weighted by Crippen LogP contribution is -2.27. The third-order valence-electron chi connectivity index (χ3n) is 8.15. The van der Waals surface area contributed by atoms with Crippen LogP contribution in [-0.2, 0) is 4.79 Å². The van der Waals surface area contributed by atoms with Crippen molar-refractivity contribution in [2.24, 2.45) is 5.73 Å². The number of hydrogen-bond donors (Lipinski definition) is 1. The van der Waals surface area contributed by atoms with Gasteiger partial charge >= 0.3 is 0 Å². The Bertz CT molecular complexity index is 1750. The van der Waals surface area contributed by atoms with E-state index in [0.29, 0.717) is 16.9 Å². The van der Waals surface area contributed by atoms with Gasteiger partial charge in [0.05, 0.1) is 11.4 Å². The minimum atomic E-state index is -2.26. The molecule has 9 heteroatoms. The average molecular weight is 564 g/mol. The second kappa shape index (κ2) is 9.34. The quantitative estimate of drug-likeness (QED) is 0.295. The number of rotatable bonds is 6. The summed E-state index contributed by atoms with van der Waals surface area (Å²) in [6, 6.07) is 14.4. The number of carbonyl (C=O) groups excluding carboxylic acids is 1. The number of carbonyl (C=O) groups is 1. The minimum Gasteiger partial charge on any atom is -0.367 e. The van der Waals surface area contributed by atoms with Crippen LogP contribution in [0.1, 0.15) is 58.5 Å². The lowest BCUT2D eigenvalue weighted by molar-refractivity contribution is -0.124. The van der Waals surface area contributed by atoms with E-state index in [1.165, 1.54) is 35.0 Å². The summed E-state index contributed by atoms with van der Waals surface area (Å²) < 4.78 is 45.1. The number of primary amides is 1. The Balaban J connectivity index is 1.37. The van der Waals surface area contributed by atoms with E-state index >= 15 is 4.39 Å². The average Bonchev–Trinajstić information content (AvgIpc) is 3.84. The first-order valence-electron chi connectivity index (χ1n) is 12.9. The van der Waals surface area contributed by atoms with Crippen LogP contribution in [0.4, 0.5) is 13.2 Å². The molecule has 2 aromatic carbocycles. The summed E-state index contributed by atoms with van der Waals surface area (Å²) in [7, 11) is 0. The maximum absolute atomic E-state index is 15.6. The Morgan fingerprint density at radius 3 is 2.48 bits per heavy atom. The van der Waals surface area contributed by atoms with Crippen molar-refractivity contribution in [1.29, 1.82) is 0 Å². The molecule has 0 aliphatic heterocycles. The number of nitrogens with two attached hydrogens (primary N) is 1. The number of nitrogens with zero attached hydrogens (tertiary/aromatic N) is 2. The minimum absolute atomic E-state index is 0.0513. The molecular formula is C31H25ClF3N3O2. The smallest absolute Gasteiger partial charge is 0.274 e. The van der Waals surface area contributed by atoms with Crippen molar-refractivity contribution < 1.29 is 18.0 Å². The molecule has 1 amide bonds. The van der Waals surface area contributed by atoms with Crippen molar-refractivity contribution in [1.82, 2.24) is 9.55 Å². The summed E-state index contributed by atoms with van der Waals surface area (Å²) in [4.78, 5) is 29.5. The van der Waals surface area contributed by atoms with E-state index in [-0.39, 0.29) is 45.9 Å². The first-order chi connectivity index (χ1) is 19.0.